The molecule has 1 aromatic carbocycles. The van der Waals surface area contributed by atoms with Crippen LogP contribution in [-0.2, 0) is 0 Å². The Morgan fingerprint density at radius 2 is 2.05 bits per heavy atom. The topological polar surface area (TPSA) is 50.7 Å². The molecule has 1 N–H and O–H groups in total. The molecule has 0 bridgehead atoms. The van der Waals surface area contributed by atoms with Gasteiger partial charge in [0, 0.05) is 6.21 Å². The van der Waals surface area contributed by atoms with Crippen LogP contribution in [0.2, 0.25) is 0 Å². The first kappa shape index (κ1) is 13.6. The molecule has 1 aliphatic rings. The summed E-state index contributed by atoms with van der Waals surface area (Å²) in [7, 11) is 1.55. The van der Waals surface area contributed by atoms with Crippen LogP contribution in [0.5, 0.6) is 5.75 Å². The second kappa shape index (κ2) is 6.92. The SMILES string of the molecule is COc1ccccc1C(=O)N/N=C/C1CCCCC1. The van der Waals surface area contributed by atoms with E-state index in [2.05, 4.69) is 10.5 Å². The Morgan fingerprint density at radius 3 is 2.79 bits per heavy atom. The summed E-state index contributed by atoms with van der Waals surface area (Å²) in [6.07, 6.45) is 8.06. The van der Waals surface area contributed by atoms with Crippen molar-refractivity contribution in [2.24, 2.45) is 11.0 Å². The first-order chi connectivity index (χ1) is 9.31. The molecule has 4 heteroatoms. The fourth-order valence-corrected chi connectivity index (χ4v) is 2.38. The Hall–Kier alpha value is -1.84. The molecule has 0 unspecified atom stereocenters. The third-order valence-corrected chi connectivity index (χ3v) is 3.45. The van der Waals surface area contributed by atoms with Crippen molar-refractivity contribution in [2.45, 2.75) is 32.1 Å². The van der Waals surface area contributed by atoms with Crippen LogP contribution in [0.1, 0.15) is 42.5 Å². The zero-order chi connectivity index (χ0) is 13.5. The minimum absolute atomic E-state index is 0.232. The molecule has 102 valence electrons. The molecule has 0 aliphatic heterocycles. The predicted octanol–water partition coefficient (Wildman–Crippen LogP) is 2.99. The standard InChI is InChI=1S/C15H20N2O2/c1-19-14-10-6-5-9-13(14)15(18)17-16-11-12-7-3-2-4-8-12/h5-6,9-12H,2-4,7-8H2,1H3,(H,17,18)/b16-11+. The number of benzene rings is 1. The minimum Gasteiger partial charge on any atom is -0.496 e. The molecule has 0 spiro atoms. The summed E-state index contributed by atoms with van der Waals surface area (Å²) in [5, 5.41) is 4.07. The molecule has 1 aromatic rings. The molecule has 1 saturated carbocycles. The Labute approximate surface area is 113 Å². The lowest BCUT2D eigenvalue weighted by molar-refractivity contribution is 0.0952. The number of amides is 1. The van der Waals surface area contributed by atoms with Gasteiger partial charge in [0.25, 0.3) is 5.91 Å². The maximum Gasteiger partial charge on any atom is 0.275 e. The number of rotatable bonds is 4. The molecule has 0 saturated heterocycles. The highest BCUT2D eigenvalue weighted by molar-refractivity contribution is 5.97. The van der Waals surface area contributed by atoms with Crippen LogP contribution in [-0.4, -0.2) is 19.2 Å². The zero-order valence-electron chi connectivity index (χ0n) is 11.3. The Bertz CT molecular complexity index is 451. The van der Waals surface area contributed by atoms with Crippen LogP contribution in [0.3, 0.4) is 0 Å². The number of para-hydroxylation sites is 1. The quantitative estimate of drug-likeness (QED) is 0.668. The smallest absolute Gasteiger partial charge is 0.275 e. The van der Waals surface area contributed by atoms with E-state index in [9.17, 15) is 4.79 Å². The average molecular weight is 260 g/mol. The first-order valence-corrected chi connectivity index (χ1v) is 6.78. The maximum atomic E-state index is 12.0. The van der Waals surface area contributed by atoms with E-state index >= 15 is 0 Å². The molecule has 1 amide bonds. The number of nitrogens with zero attached hydrogens (tertiary/aromatic N) is 1. The van der Waals surface area contributed by atoms with Gasteiger partial charge < -0.3 is 4.74 Å². The zero-order valence-corrected chi connectivity index (χ0v) is 11.3. The molecule has 0 aromatic heterocycles. The Balaban J connectivity index is 1.91. The fraction of sp³-hybridized carbons (Fsp3) is 0.467. The van der Waals surface area contributed by atoms with Crippen molar-refractivity contribution in [1.82, 2.24) is 5.43 Å². The van der Waals surface area contributed by atoms with Crippen molar-refractivity contribution in [2.75, 3.05) is 7.11 Å². The molecular weight excluding hydrogens is 240 g/mol. The number of hydrogen-bond donors (Lipinski definition) is 1. The van der Waals surface area contributed by atoms with Gasteiger partial charge in [0.1, 0.15) is 5.75 Å². The lowest BCUT2D eigenvalue weighted by atomic mass is 9.90. The number of hydrogen-bond acceptors (Lipinski definition) is 3. The highest BCUT2D eigenvalue weighted by atomic mass is 16.5. The summed E-state index contributed by atoms with van der Waals surface area (Å²) >= 11 is 0. The average Bonchev–Trinajstić information content (AvgIpc) is 2.48. The normalized spacial score (nSPS) is 16.5. The molecule has 4 nitrogen and oxygen atoms in total. The van der Waals surface area contributed by atoms with Crippen LogP contribution in [0.15, 0.2) is 29.4 Å². The Kier molecular flexibility index (Phi) is 4.95. The number of carbonyl (C=O) groups excluding carboxylic acids is 1. The summed E-state index contributed by atoms with van der Waals surface area (Å²) in [6.45, 7) is 0. The molecule has 1 fully saturated rings. The lowest BCUT2D eigenvalue weighted by Gasteiger charge is -2.16. The monoisotopic (exact) mass is 260 g/mol. The van der Waals surface area contributed by atoms with E-state index < -0.39 is 0 Å². The van der Waals surface area contributed by atoms with E-state index in [4.69, 9.17) is 4.74 Å². The molecule has 2 rings (SSSR count). The molecule has 0 atom stereocenters. The Morgan fingerprint density at radius 1 is 1.32 bits per heavy atom. The first-order valence-electron chi connectivity index (χ1n) is 6.78. The molecular formula is C15H20N2O2. The molecule has 1 aliphatic carbocycles. The summed E-state index contributed by atoms with van der Waals surface area (Å²) in [4.78, 5) is 12.0. The van der Waals surface area contributed by atoms with Crippen LogP contribution >= 0.6 is 0 Å². The van der Waals surface area contributed by atoms with Gasteiger partial charge in [0.2, 0.25) is 0 Å². The van der Waals surface area contributed by atoms with Crippen LogP contribution in [0.4, 0.5) is 0 Å². The maximum absolute atomic E-state index is 12.0. The predicted molar refractivity (Wildman–Crippen MR) is 75.5 cm³/mol. The van der Waals surface area contributed by atoms with Crippen molar-refractivity contribution in [3.63, 3.8) is 0 Å². The highest BCUT2D eigenvalue weighted by Crippen LogP contribution is 2.21. The van der Waals surface area contributed by atoms with Gasteiger partial charge in [-0.05, 0) is 30.9 Å². The highest BCUT2D eigenvalue weighted by Gasteiger charge is 2.12. The van der Waals surface area contributed by atoms with Gasteiger partial charge in [-0.15, -0.1) is 0 Å². The van der Waals surface area contributed by atoms with Crippen molar-refractivity contribution >= 4 is 12.1 Å². The summed E-state index contributed by atoms with van der Waals surface area (Å²) < 4.78 is 5.15. The summed E-state index contributed by atoms with van der Waals surface area (Å²) in [5.74, 6) is 0.837. The third-order valence-electron chi connectivity index (χ3n) is 3.45. The van der Waals surface area contributed by atoms with E-state index in [1.165, 1.54) is 32.1 Å². The van der Waals surface area contributed by atoms with Crippen molar-refractivity contribution in [3.05, 3.63) is 29.8 Å². The summed E-state index contributed by atoms with van der Waals surface area (Å²) in [6, 6.07) is 7.13. The largest absolute Gasteiger partial charge is 0.496 e. The number of hydrazone groups is 1. The van der Waals surface area contributed by atoms with E-state index in [-0.39, 0.29) is 5.91 Å². The van der Waals surface area contributed by atoms with E-state index in [0.717, 1.165) is 0 Å². The number of nitrogens with one attached hydrogen (secondary N) is 1. The van der Waals surface area contributed by atoms with E-state index in [1.54, 1.807) is 19.2 Å². The fourth-order valence-electron chi connectivity index (χ4n) is 2.38. The second-order valence-corrected chi connectivity index (χ2v) is 4.82. The molecule has 0 heterocycles. The van der Waals surface area contributed by atoms with Gasteiger partial charge in [-0.2, -0.15) is 5.10 Å². The van der Waals surface area contributed by atoms with Crippen LogP contribution in [0.25, 0.3) is 0 Å². The van der Waals surface area contributed by atoms with Crippen LogP contribution < -0.4 is 10.2 Å². The van der Waals surface area contributed by atoms with Gasteiger partial charge in [-0.3, -0.25) is 4.79 Å². The van der Waals surface area contributed by atoms with Gasteiger partial charge in [0.05, 0.1) is 12.7 Å². The second-order valence-electron chi connectivity index (χ2n) is 4.82. The van der Waals surface area contributed by atoms with Crippen molar-refractivity contribution in [1.29, 1.82) is 0 Å². The van der Waals surface area contributed by atoms with E-state index in [0.29, 0.717) is 17.2 Å². The molecule has 0 radical (unpaired) electrons. The number of methoxy groups -OCH3 is 1. The lowest BCUT2D eigenvalue weighted by Crippen LogP contribution is -2.19. The van der Waals surface area contributed by atoms with Gasteiger partial charge in [-0.25, -0.2) is 5.43 Å². The third kappa shape index (κ3) is 3.81. The number of ether oxygens (including phenoxy) is 1. The van der Waals surface area contributed by atoms with Gasteiger partial charge in [0.15, 0.2) is 0 Å². The van der Waals surface area contributed by atoms with Crippen LogP contribution in [0, 0.1) is 5.92 Å². The summed E-state index contributed by atoms with van der Waals surface area (Å²) in [5.41, 5.74) is 3.08. The van der Waals surface area contributed by atoms with E-state index in [1.807, 2.05) is 18.3 Å². The van der Waals surface area contributed by atoms with Crippen molar-refractivity contribution < 1.29 is 9.53 Å². The van der Waals surface area contributed by atoms with Gasteiger partial charge >= 0.3 is 0 Å². The van der Waals surface area contributed by atoms with Gasteiger partial charge in [-0.1, -0.05) is 31.4 Å². The number of carbonyl (C=O) groups is 1. The van der Waals surface area contributed by atoms with Crippen molar-refractivity contribution in [3.8, 4) is 5.75 Å². The minimum atomic E-state index is -0.232. The molecule has 19 heavy (non-hydrogen) atoms.